The fraction of sp³-hybridized carbons (Fsp3) is 0.222. The normalized spacial score (nSPS) is 11.4. The Kier molecular flexibility index (Phi) is 6.42. The van der Waals surface area contributed by atoms with Crippen molar-refractivity contribution in [2.45, 2.75) is 25.7 Å². The Balaban J connectivity index is 1.92. The molecule has 0 spiro atoms. The second-order valence-corrected chi connectivity index (χ2v) is 7.13. The maximum atomic E-state index is 12.0. The number of nitrogens with one attached hydrogen (secondary N) is 1. The molecule has 0 aromatic heterocycles. The summed E-state index contributed by atoms with van der Waals surface area (Å²) < 4.78 is 1.09. The first kappa shape index (κ1) is 17.8. The summed E-state index contributed by atoms with van der Waals surface area (Å²) >= 11 is 5.04. The lowest BCUT2D eigenvalue weighted by atomic mass is 10.1. The molecule has 2 aromatic carbocycles. The molecule has 0 aliphatic heterocycles. The molecular weight excluding hydrogens is 372 g/mol. The molecule has 5 heteroatoms. The quantitative estimate of drug-likeness (QED) is 0.456. The zero-order chi connectivity index (χ0) is 16.8. The Bertz CT molecular complexity index is 729. The van der Waals surface area contributed by atoms with Crippen LogP contribution in [0.4, 0.5) is 0 Å². The second kappa shape index (κ2) is 8.31. The van der Waals surface area contributed by atoms with Crippen LogP contribution >= 0.6 is 27.7 Å². The number of carbonyl (C=O) groups excluding carboxylic acids is 1. The smallest absolute Gasteiger partial charge is 0.250 e. The van der Waals surface area contributed by atoms with E-state index < -0.39 is 0 Å². The Morgan fingerprint density at radius 1 is 1.17 bits per heavy atom. The van der Waals surface area contributed by atoms with Crippen molar-refractivity contribution in [3.8, 4) is 0 Å². The van der Waals surface area contributed by atoms with Crippen LogP contribution in [0.25, 0.3) is 0 Å². The summed E-state index contributed by atoms with van der Waals surface area (Å²) in [6, 6.07) is 14.0. The van der Waals surface area contributed by atoms with Gasteiger partial charge in [0.25, 0.3) is 0 Å². The van der Waals surface area contributed by atoms with Crippen LogP contribution in [0.5, 0.6) is 0 Å². The number of benzene rings is 2. The van der Waals surface area contributed by atoms with E-state index in [0.717, 1.165) is 31.8 Å². The van der Waals surface area contributed by atoms with Crippen molar-refractivity contribution >= 4 is 39.3 Å². The maximum absolute atomic E-state index is 12.0. The third-order valence-electron chi connectivity index (χ3n) is 3.35. The van der Waals surface area contributed by atoms with Crippen LogP contribution in [0.1, 0.15) is 23.6 Å². The zero-order valence-electron chi connectivity index (χ0n) is 13.4. The molecule has 0 atom stereocenters. The van der Waals surface area contributed by atoms with Crippen LogP contribution in [-0.4, -0.2) is 17.4 Å². The molecule has 120 valence electrons. The van der Waals surface area contributed by atoms with Crippen molar-refractivity contribution < 1.29 is 4.79 Å². The van der Waals surface area contributed by atoms with Gasteiger partial charge in [-0.1, -0.05) is 46.3 Å². The number of nitrogens with zero attached hydrogens (tertiary/aromatic N) is 1. The fourth-order valence-corrected chi connectivity index (χ4v) is 3.33. The molecule has 0 heterocycles. The Hall–Kier alpha value is -1.59. The van der Waals surface area contributed by atoms with Crippen LogP contribution in [0.2, 0.25) is 0 Å². The summed E-state index contributed by atoms with van der Waals surface area (Å²) in [6.45, 7) is 5.97. The van der Waals surface area contributed by atoms with Gasteiger partial charge in [0.15, 0.2) is 0 Å². The molecular formula is C18H19BrN2OS. The molecule has 0 aliphatic carbocycles. The Morgan fingerprint density at radius 3 is 2.57 bits per heavy atom. The van der Waals surface area contributed by atoms with Gasteiger partial charge in [0.1, 0.15) is 0 Å². The van der Waals surface area contributed by atoms with Crippen molar-refractivity contribution in [2.24, 2.45) is 5.10 Å². The summed E-state index contributed by atoms with van der Waals surface area (Å²) in [5.41, 5.74) is 6.73. The second-order valence-electron chi connectivity index (χ2n) is 5.25. The lowest BCUT2D eigenvalue weighted by Crippen LogP contribution is -2.21. The summed E-state index contributed by atoms with van der Waals surface area (Å²) in [5, 5.41) is 4.16. The predicted octanol–water partition coefficient (Wildman–Crippen LogP) is 4.70. The van der Waals surface area contributed by atoms with Crippen molar-refractivity contribution in [1.29, 1.82) is 0 Å². The standard InChI is InChI=1S/C18H19BrN2OS/c1-12-10-17(13(2)9-16(12)19)23-11-18(22)21-20-14(3)15-7-5-4-6-8-15/h4-10H,11H2,1-3H3,(H,21,22). The van der Waals surface area contributed by atoms with Gasteiger partial charge in [0.05, 0.1) is 11.5 Å². The minimum absolute atomic E-state index is 0.106. The van der Waals surface area contributed by atoms with E-state index in [9.17, 15) is 4.79 Å². The lowest BCUT2D eigenvalue weighted by molar-refractivity contribution is -0.118. The van der Waals surface area contributed by atoms with Crippen LogP contribution in [-0.2, 0) is 4.79 Å². The van der Waals surface area contributed by atoms with Crippen LogP contribution < -0.4 is 5.43 Å². The SMILES string of the molecule is CC(=NNC(=O)CSc1cc(C)c(Br)cc1C)c1ccccc1. The van der Waals surface area contributed by atoms with Gasteiger partial charge in [-0.3, -0.25) is 4.79 Å². The molecule has 2 aromatic rings. The first-order valence-electron chi connectivity index (χ1n) is 7.25. The molecule has 23 heavy (non-hydrogen) atoms. The summed E-state index contributed by atoms with van der Waals surface area (Å²) in [7, 11) is 0. The lowest BCUT2D eigenvalue weighted by Gasteiger charge is -2.08. The van der Waals surface area contributed by atoms with Crippen LogP contribution in [0.3, 0.4) is 0 Å². The van der Waals surface area contributed by atoms with E-state index >= 15 is 0 Å². The third kappa shape index (κ3) is 5.22. The summed E-state index contributed by atoms with van der Waals surface area (Å²) in [5.74, 6) is 0.235. The molecule has 3 nitrogen and oxygen atoms in total. The van der Waals surface area contributed by atoms with E-state index in [1.807, 2.05) is 51.1 Å². The van der Waals surface area contributed by atoms with Gasteiger partial charge in [-0.25, -0.2) is 5.43 Å². The molecule has 1 N–H and O–H groups in total. The first-order valence-corrected chi connectivity index (χ1v) is 9.03. The van der Waals surface area contributed by atoms with E-state index in [-0.39, 0.29) is 5.91 Å². The van der Waals surface area contributed by atoms with Gasteiger partial charge in [-0.05, 0) is 49.6 Å². The van der Waals surface area contributed by atoms with Gasteiger partial charge in [0, 0.05) is 9.37 Å². The Labute approximate surface area is 149 Å². The minimum Gasteiger partial charge on any atom is -0.272 e. The molecule has 0 fully saturated rings. The molecule has 0 radical (unpaired) electrons. The highest BCUT2D eigenvalue weighted by Gasteiger charge is 2.07. The van der Waals surface area contributed by atoms with E-state index in [1.165, 1.54) is 11.8 Å². The van der Waals surface area contributed by atoms with Gasteiger partial charge in [-0.15, -0.1) is 11.8 Å². The number of aryl methyl sites for hydroxylation is 2. The van der Waals surface area contributed by atoms with E-state index in [0.29, 0.717) is 5.75 Å². The first-order chi connectivity index (χ1) is 11.0. The van der Waals surface area contributed by atoms with E-state index in [1.54, 1.807) is 0 Å². The average Bonchev–Trinajstić information content (AvgIpc) is 2.55. The number of rotatable bonds is 5. The topological polar surface area (TPSA) is 41.5 Å². The monoisotopic (exact) mass is 390 g/mol. The highest BCUT2D eigenvalue weighted by molar-refractivity contribution is 9.10. The predicted molar refractivity (Wildman–Crippen MR) is 101 cm³/mol. The number of carbonyl (C=O) groups is 1. The number of thioether (sulfide) groups is 1. The van der Waals surface area contributed by atoms with Crippen molar-refractivity contribution in [3.05, 3.63) is 63.6 Å². The molecule has 0 saturated carbocycles. The zero-order valence-corrected chi connectivity index (χ0v) is 15.8. The molecule has 1 amide bonds. The number of amides is 1. The number of hydrogen-bond donors (Lipinski definition) is 1. The maximum Gasteiger partial charge on any atom is 0.250 e. The van der Waals surface area contributed by atoms with Gasteiger partial charge >= 0.3 is 0 Å². The van der Waals surface area contributed by atoms with E-state index in [4.69, 9.17) is 0 Å². The Morgan fingerprint density at radius 2 is 1.87 bits per heavy atom. The van der Waals surface area contributed by atoms with Crippen molar-refractivity contribution in [2.75, 3.05) is 5.75 Å². The molecule has 2 rings (SSSR count). The number of hydrazone groups is 1. The van der Waals surface area contributed by atoms with E-state index in [2.05, 4.69) is 38.6 Å². The summed E-state index contributed by atoms with van der Waals surface area (Å²) in [4.78, 5) is 13.1. The number of halogens is 1. The molecule has 0 unspecified atom stereocenters. The third-order valence-corrected chi connectivity index (χ3v) is 5.37. The minimum atomic E-state index is -0.106. The molecule has 0 aliphatic rings. The van der Waals surface area contributed by atoms with Gasteiger partial charge in [-0.2, -0.15) is 5.10 Å². The van der Waals surface area contributed by atoms with Gasteiger partial charge < -0.3 is 0 Å². The average molecular weight is 391 g/mol. The summed E-state index contributed by atoms with van der Waals surface area (Å²) in [6.07, 6.45) is 0. The van der Waals surface area contributed by atoms with Crippen LogP contribution in [0, 0.1) is 13.8 Å². The highest BCUT2D eigenvalue weighted by Crippen LogP contribution is 2.28. The largest absolute Gasteiger partial charge is 0.272 e. The van der Waals surface area contributed by atoms with Crippen LogP contribution in [0.15, 0.2) is 56.9 Å². The molecule has 0 saturated heterocycles. The van der Waals surface area contributed by atoms with Gasteiger partial charge in [0.2, 0.25) is 5.91 Å². The van der Waals surface area contributed by atoms with Crippen molar-refractivity contribution in [1.82, 2.24) is 5.43 Å². The molecule has 0 bridgehead atoms. The number of hydrogen-bond acceptors (Lipinski definition) is 3. The van der Waals surface area contributed by atoms with Crippen molar-refractivity contribution in [3.63, 3.8) is 0 Å². The fourth-order valence-electron chi connectivity index (χ4n) is 1.98. The highest BCUT2D eigenvalue weighted by atomic mass is 79.9.